The average molecular weight is 842 g/mol. The van der Waals surface area contributed by atoms with E-state index < -0.39 is 58.9 Å². The molecule has 5 atom stereocenters. The van der Waals surface area contributed by atoms with Crippen LogP contribution in [0.25, 0.3) is 22.3 Å². The lowest BCUT2D eigenvalue weighted by Gasteiger charge is -2.35. The highest BCUT2D eigenvalue weighted by Gasteiger charge is 2.61. The van der Waals surface area contributed by atoms with E-state index >= 15 is 0 Å². The zero-order chi connectivity index (χ0) is 39.8. The number of halogens is 1. The summed E-state index contributed by atoms with van der Waals surface area (Å²) in [6, 6.07) is 3.00. The van der Waals surface area contributed by atoms with Gasteiger partial charge in [0, 0.05) is 36.1 Å². The van der Waals surface area contributed by atoms with Gasteiger partial charge in [-0.05, 0) is 65.6 Å². The predicted molar refractivity (Wildman–Crippen MR) is 208 cm³/mol. The second-order valence-electron chi connectivity index (χ2n) is 15.3. The maximum atomic E-state index is 14.6. The third kappa shape index (κ3) is 8.42. The maximum absolute atomic E-state index is 14.6. The van der Waals surface area contributed by atoms with E-state index in [1.807, 2.05) is 0 Å². The van der Waals surface area contributed by atoms with E-state index in [0.717, 1.165) is 25.7 Å². The van der Waals surface area contributed by atoms with Gasteiger partial charge >= 0.3 is 12.1 Å². The van der Waals surface area contributed by atoms with Gasteiger partial charge in [-0.2, -0.15) is 0 Å². The molecule has 1 aliphatic heterocycles. The number of methoxy groups -OCH3 is 1. The molecule has 1 saturated heterocycles. The molecule has 17 heteroatoms. The summed E-state index contributed by atoms with van der Waals surface area (Å²) >= 11 is 4.84. The topological polar surface area (TPSA) is 198 Å². The predicted octanol–water partition coefficient (Wildman–Crippen LogP) is 5.67. The molecule has 3 heterocycles. The fourth-order valence-corrected chi connectivity index (χ4v) is 8.54. The van der Waals surface area contributed by atoms with E-state index in [-0.39, 0.29) is 31.4 Å². The van der Waals surface area contributed by atoms with Gasteiger partial charge in [0.1, 0.15) is 47.0 Å². The molecular formula is C38H45BrN6O9S. The lowest BCUT2D eigenvalue weighted by molar-refractivity contribution is -0.146. The molecule has 2 aromatic heterocycles. The van der Waals surface area contributed by atoms with E-state index in [1.165, 1.54) is 36.3 Å². The van der Waals surface area contributed by atoms with Gasteiger partial charge in [-0.25, -0.2) is 19.6 Å². The summed E-state index contributed by atoms with van der Waals surface area (Å²) in [6.45, 7) is 10.4. The number of nitrogens with one attached hydrogen (secondary N) is 3. The number of carbonyl (C=O) groups excluding carboxylic acids is 4. The van der Waals surface area contributed by atoms with Crippen LogP contribution >= 0.6 is 27.3 Å². The van der Waals surface area contributed by atoms with Gasteiger partial charge in [0.05, 0.1) is 29.3 Å². The number of hydrogen-bond acceptors (Lipinski definition) is 11. The minimum absolute atomic E-state index is 0.00919. The van der Waals surface area contributed by atoms with Crippen LogP contribution in [0.2, 0.25) is 0 Å². The van der Waals surface area contributed by atoms with Crippen molar-refractivity contribution in [2.75, 3.05) is 19.0 Å². The molecule has 0 radical (unpaired) electrons. The number of carboxylic acids is 1. The second-order valence-corrected chi connectivity index (χ2v) is 16.9. The third-order valence-corrected chi connectivity index (χ3v) is 11.8. The van der Waals surface area contributed by atoms with Crippen LogP contribution < -0.4 is 25.4 Å². The number of benzene rings is 1. The number of anilines is 1. The van der Waals surface area contributed by atoms with E-state index in [4.69, 9.17) is 19.2 Å². The molecule has 3 aromatic rings. The SMILES string of the molecule is C=CC1CC1(NC(=O)C1CC(Oc2cc(-c3csc(NC(C)=O)n3)nc3c(Br)c(OC)ccc23)CN1C(=O)C(NC(=O)OC1CCCC1)C(C)(C)C)C(=O)O. The van der Waals surface area contributed by atoms with Crippen molar-refractivity contribution in [2.45, 2.75) is 96.1 Å². The van der Waals surface area contributed by atoms with Crippen LogP contribution in [0, 0.1) is 11.3 Å². The van der Waals surface area contributed by atoms with Gasteiger partial charge < -0.3 is 40.2 Å². The largest absolute Gasteiger partial charge is 0.495 e. The lowest BCUT2D eigenvalue weighted by atomic mass is 9.85. The Morgan fingerprint density at radius 1 is 1.11 bits per heavy atom. The highest BCUT2D eigenvalue weighted by molar-refractivity contribution is 9.10. The monoisotopic (exact) mass is 840 g/mol. The second kappa shape index (κ2) is 15.8. The highest BCUT2D eigenvalue weighted by atomic mass is 79.9. The van der Waals surface area contributed by atoms with Gasteiger partial charge in [-0.15, -0.1) is 17.9 Å². The number of thiazole rings is 1. The van der Waals surface area contributed by atoms with Gasteiger partial charge in [0.2, 0.25) is 17.7 Å². The maximum Gasteiger partial charge on any atom is 0.408 e. The number of amides is 4. The van der Waals surface area contributed by atoms with Crippen molar-refractivity contribution in [3.63, 3.8) is 0 Å². The average Bonchev–Trinajstić information content (AvgIpc) is 3.53. The highest BCUT2D eigenvalue weighted by Crippen LogP contribution is 2.45. The third-order valence-electron chi connectivity index (χ3n) is 10.2. The van der Waals surface area contributed by atoms with Gasteiger partial charge in [-0.1, -0.05) is 26.8 Å². The Hall–Kier alpha value is -4.77. The van der Waals surface area contributed by atoms with E-state index in [1.54, 1.807) is 44.4 Å². The summed E-state index contributed by atoms with van der Waals surface area (Å²) in [7, 11) is 1.53. The Kier molecular flexibility index (Phi) is 11.4. The summed E-state index contributed by atoms with van der Waals surface area (Å²) < 4.78 is 18.4. The number of hydrogen-bond donors (Lipinski definition) is 4. The van der Waals surface area contributed by atoms with Crippen molar-refractivity contribution in [1.29, 1.82) is 0 Å². The Labute approximate surface area is 330 Å². The van der Waals surface area contributed by atoms with Crippen LogP contribution in [-0.2, 0) is 23.9 Å². The zero-order valence-electron chi connectivity index (χ0n) is 31.3. The number of pyridine rings is 1. The molecule has 2 saturated carbocycles. The first-order chi connectivity index (χ1) is 26.0. The Bertz CT molecular complexity index is 2030. The molecule has 1 aromatic carbocycles. The molecule has 4 N–H and O–H groups in total. The summed E-state index contributed by atoms with van der Waals surface area (Å²) in [6.07, 6.45) is 3.37. The van der Waals surface area contributed by atoms with Crippen molar-refractivity contribution in [3.05, 3.63) is 40.7 Å². The molecular weight excluding hydrogens is 796 g/mol. The molecule has 4 amide bonds. The number of carboxylic acid groups (broad SMARTS) is 1. The summed E-state index contributed by atoms with van der Waals surface area (Å²) in [5.41, 5.74) is -0.950. The number of nitrogens with zero attached hydrogens (tertiary/aromatic N) is 3. The molecule has 2 aliphatic carbocycles. The molecule has 3 fully saturated rings. The molecule has 0 spiro atoms. The summed E-state index contributed by atoms with van der Waals surface area (Å²) in [5, 5.41) is 21.0. The smallest absolute Gasteiger partial charge is 0.408 e. The first-order valence-corrected chi connectivity index (χ1v) is 19.7. The van der Waals surface area contributed by atoms with Crippen LogP contribution in [0.4, 0.5) is 9.93 Å². The first-order valence-electron chi connectivity index (χ1n) is 18.1. The fraction of sp³-hybridized carbons (Fsp3) is 0.500. The Morgan fingerprint density at radius 3 is 2.45 bits per heavy atom. The molecule has 6 rings (SSSR count). The van der Waals surface area contributed by atoms with Crippen molar-refractivity contribution >= 4 is 73.1 Å². The minimum atomic E-state index is -1.54. The number of rotatable bonds is 12. The van der Waals surface area contributed by atoms with Crippen molar-refractivity contribution in [3.8, 4) is 22.9 Å². The van der Waals surface area contributed by atoms with Crippen molar-refractivity contribution in [2.24, 2.45) is 11.3 Å². The van der Waals surface area contributed by atoms with Crippen LogP contribution in [0.1, 0.15) is 66.2 Å². The number of fused-ring (bicyclic) bond motifs is 1. The van der Waals surface area contributed by atoms with Crippen molar-refractivity contribution in [1.82, 2.24) is 25.5 Å². The van der Waals surface area contributed by atoms with Crippen LogP contribution in [0.15, 0.2) is 40.7 Å². The van der Waals surface area contributed by atoms with Gasteiger partial charge in [0.15, 0.2) is 5.13 Å². The first kappa shape index (κ1) is 39.9. The fourth-order valence-electron chi connectivity index (χ4n) is 7.19. The number of carbonyl (C=O) groups is 5. The summed E-state index contributed by atoms with van der Waals surface area (Å²) in [4.78, 5) is 76.6. The van der Waals surface area contributed by atoms with Crippen LogP contribution in [-0.4, -0.2) is 93.2 Å². The van der Waals surface area contributed by atoms with Gasteiger partial charge in [0.25, 0.3) is 0 Å². The molecule has 55 heavy (non-hydrogen) atoms. The zero-order valence-corrected chi connectivity index (χ0v) is 33.7. The van der Waals surface area contributed by atoms with E-state index in [9.17, 15) is 29.1 Å². The molecule has 3 aliphatic rings. The summed E-state index contributed by atoms with van der Waals surface area (Å²) in [5.74, 6) is -2.25. The number of aromatic nitrogens is 2. The normalized spacial score (nSPS) is 22.8. The van der Waals surface area contributed by atoms with Crippen LogP contribution in [0.3, 0.4) is 0 Å². The number of likely N-dealkylation sites (tertiary alicyclic amines) is 1. The Balaban J connectivity index is 1.35. The molecule has 15 nitrogen and oxygen atoms in total. The van der Waals surface area contributed by atoms with Gasteiger partial charge in [-0.3, -0.25) is 14.4 Å². The standard InChI is InChI=1S/C38H45BrN6O9S/c1-7-20-16-38(20,34(49)50)44-32(47)26-14-22(17-45(26)33(48)31(37(3,4)5)43-36(51)54-21-10-8-9-11-21)53-28-15-24(25-18-55-35(42-25)40-19(2)46)41-30-23(28)12-13-27(52-6)29(30)39/h7,12-13,15,18,20-22,26,31H,1,8-11,14,16-17H2,2-6H3,(H,43,51)(H,44,47)(H,49,50)(H,40,42,46). The Morgan fingerprint density at radius 2 is 1.84 bits per heavy atom. The molecule has 294 valence electrons. The van der Waals surface area contributed by atoms with E-state index in [0.29, 0.717) is 43.4 Å². The number of alkyl carbamates (subject to hydrolysis) is 1. The molecule has 0 bridgehead atoms. The molecule has 5 unspecified atom stereocenters. The number of ether oxygens (including phenoxy) is 3. The minimum Gasteiger partial charge on any atom is -0.495 e. The number of aliphatic carboxylic acids is 1. The van der Waals surface area contributed by atoms with E-state index in [2.05, 4.69) is 43.4 Å². The lowest BCUT2D eigenvalue weighted by Crippen LogP contribution is -2.59. The van der Waals surface area contributed by atoms with Crippen LogP contribution in [0.5, 0.6) is 11.5 Å². The van der Waals surface area contributed by atoms with Crippen molar-refractivity contribution < 1.29 is 43.3 Å². The quantitative estimate of drug-likeness (QED) is 0.164.